The summed E-state index contributed by atoms with van der Waals surface area (Å²) in [6, 6.07) is 2.50. The molecule has 0 bridgehead atoms. The van der Waals surface area contributed by atoms with Crippen LogP contribution >= 0.6 is 15.9 Å². The smallest absolute Gasteiger partial charge is 0.342 e. The third-order valence-corrected chi connectivity index (χ3v) is 3.32. The number of hydrogen-bond donors (Lipinski definition) is 2. The minimum Gasteiger partial charge on any atom is -0.505 e. The Balaban J connectivity index is 2.95. The van der Waals surface area contributed by atoms with E-state index in [-0.39, 0.29) is 23.4 Å². The summed E-state index contributed by atoms with van der Waals surface area (Å²) in [6.45, 7) is 5.41. The van der Waals surface area contributed by atoms with Crippen molar-refractivity contribution < 1.29 is 24.2 Å². The number of benzene rings is 1. The van der Waals surface area contributed by atoms with E-state index in [0.29, 0.717) is 6.42 Å². The zero-order valence-electron chi connectivity index (χ0n) is 13.5. The molecular weight excluding hydrogens is 366 g/mol. The first-order valence-corrected chi connectivity index (χ1v) is 8.37. The Morgan fingerprint density at radius 1 is 1.22 bits per heavy atom. The van der Waals surface area contributed by atoms with Crippen LogP contribution in [0.15, 0.2) is 12.1 Å². The van der Waals surface area contributed by atoms with Crippen molar-refractivity contribution in [1.29, 1.82) is 0 Å². The Morgan fingerprint density at radius 2 is 1.87 bits per heavy atom. The monoisotopic (exact) mass is 387 g/mol. The molecular formula is C16H22BrNO5. The highest BCUT2D eigenvalue weighted by molar-refractivity contribution is 9.09. The number of nitrogen functional groups attached to an aromatic ring is 1. The van der Waals surface area contributed by atoms with Crippen LogP contribution in [0.3, 0.4) is 0 Å². The number of alkyl halides is 1. The average molecular weight is 388 g/mol. The number of halogens is 1. The third kappa shape index (κ3) is 6.09. The second kappa shape index (κ2) is 8.19. The predicted octanol–water partition coefficient (Wildman–Crippen LogP) is 3.26. The standard InChI is InChI=1S/C16H22BrNO5/c1-16(2,3)23-14(20)10-8-11(13(19)12(18)9-10)15(21)22-7-5-4-6-17/h8-9,19H,4-7,18H2,1-3H3. The maximum atomic E-state index is 12.1. The number of phenolic OH excluding ortho intramolecular Hbond substituents is 1. The van der Waals surface area contributed by atoms with Gasteiger partial charge in [0.25, 0.3) is 0 Å². The van der Waals surface area contributed by atoms with Crippen LogP contribution < -0.4 is 5.73 Å². The van der Waals surface area contributed by atoms with Crippen molar-refractivity contribution in [3.05, 3.63) is 23.3 Å². The van der Waals surface area contributed by atoms with Gasteiger partial charge < -0.3 is 20.3 Å². The lowest BCUT2D eigenvalue weighted by atomic mass is 10.1. The zero-order valence-corrected chi connectivity index (χ0v) is 15.1. The van der Waals surface area contributed by atoms with Gasteiger partial charge in [-0.3, -0.25) is 0 Å². The van der Waals surface area contributed by atoms with Crippen LogP contribution in [0.5, 0.6) is 5.75 Å². The first-order chi connectivity index (χ1) is 10.7. The van der Waals surface area contributed by atoms with Crippen LogP contribution in [0.2, 0.25) is 0 Å². The summed E-state index contributed by atoms with van der Waals surface area (Å²) in [5.74, 6) is -1.76. The van der Waals surface area contributed by atoms with Gasteiger partial charge in [0.2, 0.25) is 0 Å². The molecule has 7 heteroatoms. The van der Waals surface area contributed by atoms with Crippen molar-refractivity contribution in [2.24, 2.45) is 0 Å². The normalized spacial score (nSPS) is 11.1. The lowest BCUT2D eigenvalue weighted by Crippen LogP contribution is -2.24. The fourth-order valence-electron chi connectivity index (χ4n) is 1.71. The van der Waals surface area contributed by atoms with Crippen LogP contribution in [0.25, 0.3) is 0 Å². The Morgan fingerprint density at radius 3 is 2.43 bits per heavy atom. The van der Waals surface area contributed by atoms with Gasteiger partial charge in [0.05, 0.1) is 17.9 Å². The van der Waals surface area contributed by atoms with E-state index in [1.54, 1.807) is 20.8 Å². The Labute approximate surface area is 144 Å². The first-order valence-electron chi connectivity index (χ1n) is 7.24. The van der Waals surface area contributed by atoms with Crippen LogP contribution in [0.4, 0.5) is 5.69 Å². The average Bonchev–Trinajstić information content (AvgIpc) is 2.44. The Kier molecular flexibility index (Phi) is 6.87. The molecule has 0 saturated heterocycles. The SMILES string of the molecule is CC(C)(C)OC(=O)c1cc(N)c(O)c(C(=O)OCCCCBr)c1. The molecule has 0 spiro atoms. The predicted molar refractivity (Wildman–Crippen MR) is 91.0 cm³/mol. The number of nitrogens with two attached hydrogens (primary N) is 1. The van der Waals surface area contributed by atoms with Gasteiger partial charge in [0, 0.05) is 5.33 Å². The minimum absolute atomic E-state index is 0.0826. The number of carbonyl (C=O) groups is 2. The van der Waals surface area contributed by atoms with Crippen molar-refractivity contribution in [3.63, 3.8) is 0 Å². The molecule has 3 N–H and O–H groups in total. The molecule has 0 saturated carbocycles. The molecule has 128 valence electrons. The number of rotatable bonds is 6. The van der Waals surface area contributed by atoms with E-state index in [1.165, 1.54) is 12.1 Å². The van der Waals surface area contributed by atoms with E-state index in [2.05, 4.69) is 15.9 Å². The number of hydrogen-bond acceptors (Lipinski definition) is 6. The van der Waals surface area contributed by atoms with Gasteiger partial charge in [-0.15, -0.1) is 0 Å². The molecule has 23 heavy (non-hydrogen) atoms. The topological polar surface area (TPSA) is 98.9 Å². The lowest BCUT2D eigenvalue weighted by Gasteiger charge is -2.20. The van der Waals surface area contributed by atoms with Crippen LogP contribution in [0.1, 0.15) is 54.3 Å². The number of unbranched alkanes of at least 4 members (excludes halogenated alkanes) is 1. The van der Waals surface area contributed by atoms with Crippen molar-refractivity contribution in [3.8, 4) is 5.75 Å². The maximum Gasteiger partial charge on any atom is 0.342 e. The molecule has 0 atom stereocenters. The summed E-state index contributed by atoms with van der Waals surface area (Å²) in [4.78, 5) is 24.1. The van der Waals surface area contributed by atoms with Gasteiger partial charge in [-0.1, -0.05) is 15.9 Å². The molecule has 0 radical (unpaired) electrons. The summed E-state index contributed by atoms with van der Waals surface area (Å²) in [6.07, 6.45) is 1.55. The van der Waals surface area contributed by atoms with E-state index in [1.807, 2.05) is 0 Å². The Hall–Kier alpha value is -1.76. The van der Waals surface area contributed by atoms with E-state index in [0.717, 1.165) is 11.8 Å². The van der Waals surface area contributed by atoms with E-state index in [4.69, 9.17) is 15.2 Å². The molecule has 0 aliphatic rings. The largest absolute Gasteiger partial charge is 0.505 e. The first kappa shape index (κ1) is 19.3. The molecule has 0 amide bonds. The molecule has 0 unspecified atom stereocenters. The molecule has 0 aromatic heterocycles. The van der Waals surface area contributed by atoms with Gasteiger partial charge in [0.1, 0.15) is 11.2 Å². The summed E-state index contributed by atoms with van der Waals surface area (Å²) in [5, 5.41) is 10.7. The van der Waals surface area contributed by atoms with Crippen molar-refractivity contribution >= 4 is 33.6 Å². The molecule has 1 rings (SSSR count). The number of carbonyl (C=O) groups excluding carboxylic acids is 2. The lowest BCUT2D eigenvalue weighted by molar-refractivity contribution is 0.00695. The number of ether oxygens (including phenoxy) is 2. The van der Waals surface area contributed by atoms with Crippen molar-refractivity contribution in [1.82, 2.24) is 0 Å². The van der Waals surface area contributed by atoms with Crippen LogP contribution in [-0.4, -0.2) is 34.6 Å². The second-order valence-corrected chi connectivity index (χ2v) is 6.79. The second-order valence-electron chi connectivity index (χ2n) is 6.00. The summed E-state index contributed by atoms with van der Waals surface area (Å²) in [5.41, 5.74) is 4.84. The van der Waals surface area contributed by atoms with Gasteiger partial charge in [-0.25, -0.2) is 9.59 Å². The molecule has 1 aromatic rings. The number of anilines is 1. The summed E-state index contributed by atoms with van der Waals surface area (Å²) < 4.78 is 10.3. The van der Waals surface area contributed by atoms with Crippen molar-refractivity contribution in [2.45, 2.75) is 39.2 Å². The van der Waals surface area contributed by atoms with Crippen molar-refractivity contribution in [2.75, 3.05) is 17.7 Å². The number of esters is 2. The van der Waals surface area contributed by atoms with Gasteiger partial charge >= 0.3 is 11.9 Å². The molecule has 6 nitrogen and oxygen atoms in total. The Bertz CT molecular complexity index is 581. The van der Waals surface area contributed by atoms with Gasteiger partial charge in [0.15, 0.2) is 5.75 Å². The van der Waals surface area contributed by atoms with Crippen LogP contribution in [0, 0.1) is 0 Å². The third-order valence-electron chi connectivity index (χ3n) is 2.76. The fraction of sp³-hybridized carbons (Fsp3) is 0.500. The summed E-state index contributed by atoms with van der Waals surface area (Å²) >= 11 is 3.28. The number of aromatic hydroxyl groups is 1. The fourth-order valence-corrected chi connectivity index (χ4v) is 2.10. The van der Waals surface area contributed by atoms with Gasteiger partial charge in [-0.2, -0.15) is 0 Å². The quantitative estimate of drug-likeness (QED) is 0.255. The highest BCUT2D eigenvalue weighted by Gasteiger charge is 2.23. The van der Waals surface area contributed by atoms with E-state index >= 15 is 0 Å². The molecule has 0 fully saturated rings. The zero-order chi connectivity index (χ0) is 17.6. The van der Waals surface area contributed by atoms with E-state index < -0.39 is 23.3 Å². The van der Waals surface area contributed by atoms with Gasteiger partial charge in [-0.05, 0) is 45.7 Å². The number of phenols is 1. The minimum atomic E-state index is -0.728. The van der Waals surface area contributed by atoms with E-state index in [9.17, 15) is 14.7 Å². The molecule has 1 aromatic carbocycles. The summed E-state index contributed by atoms with van der Waals surface area (Å²) in [7, 11) is 0. The van der Waals surface area contributed by atoms with Crippen LogP contribution in [-0.2, 0) is 9.47 Å². The highest BCUT2D eigenvalue weighted by Crippen LogP contribution is 2.28. The molecule has 0 aliphatic heterocycles. The maximum absolute atomic E-state index is 12.1. The molecule has 0 aliphatic carbocycles. The highest BCUT2D eigenvalue weighted by atomic mass is 79.9. The molecule has 0 heterocycles.